The van der Waals surface area contributed by atoms with E-state index >= 15 is 0 Å². The number of hydrogen-bond donors (Lipinski definition) is 1. The van der Waals surface area contributed by atoms with Crippen molar-refractivity contribution in [3.8, 4) is 0 Å². The minimum absolute atomic E-state index is 0.138. The second kappa shape index (κ2) is 6.62. The summed E-state index contributed by atoms with van der Waals surface area (Å²) in [5, 5.41) is 11.3. The molecule has 2 heterocycles. The third-order valence-corrected chi connectivity index (χ3v) is 5.21. The summed E-state index contributed by atoms with van der Waals surface area (Å²) in [6.07, 6.45) is 2.95. The van der Waals surface area contributed by atoms with Crippen molar-refractivity contribution in [1.82, 2.24) is 14.6 Å². The van der Waals surface area contributed by atoms with Crippen LogP contribution >= 0.6 is 11.8 Å². The number of amides is 1. The molecule has 0 spiro atoms. The molecule has 0 unspecified atom stereocenters. The number of sulfone groups is 1. The van der Waals surface area contributed by atoms with Crippen LogP contribution in [0.25, 0.3) is 5.65 Å². The zero-order chi connectivity index (χ0) is 17.2. The standard InChI is InChI=1S/C15H14N4O3S2/c1-24(21,22)12-6-4-5-11(9-12)16-14(20)10-23-15-18-17-13-7-2-3-8-19(13)15/h2-9H,10H2,1H3,(H,16,20). The first-order valence-electron chi connectivity index (χ1n) is 6.96. The van der Waals surface area contributed by atoms with E-state index in [1.165, 1.54) is 23.9 Å². The minimum atomic E-state index is -3.31. The van der Waals surface area contributed by atoms with Crippen LogP contribution in [0.3, 0.4) is 0 Å². The van der Waals surface area contributed by atoms with Gasteiger partial charge in [0.15, 0.2) is 20.6 Å². The summed E-state index contributed by atoms with van der Waals surface area (Å²) in [6.45, 7) is 0. The van der Waals surface area contributed by atoms with Gasteiger partial charge < -0.3 is 5.32 Å². The second-order valence-corrected chi connectivity index (χ2v) is 8.01. The monoisotopic (exact) mass is 362 g/mol. The van der Waals surface area contributed by atoms with Crippen molar-refractivity contribution in [2.24, 2.45) is 0 Å². The van der Waals surface area contributed by atoms with Gasteiger partial charge in [0.05, 0.1) is 10.6 Å². The Morgan fingerprint density at radius 3 is 2.83 bits per heavy atom. The number of carbonyl (C=O) groups excluding carboxylic acids is 1. The molecule has 9 heteroatoms. The van der Waals surface area contributed by atoms with Crippen molar-refractivity contribution in [2.75, 3.05) is 17.3 Å². The molecule has 0 fully saturated rings. The maximum Gasteiger partial charge on any atom is 0.234 e. The summed E-state index contributed by atoms with van der Waals surface area (Å²) in [4.78, 5) is 12.2. The number of aromatic nitrogens is 3. The van der Waals surface area contributed by atoms with Gasteiger partial charge in [0.1, 0.15) is 0 Å². The smallest absolute Gasteiger partial charge is 0.234 e. The van der Waals surface area contributed by atoms with Crippen LogP contribution < -0.4 is 5.32 Å². The van der Waals surface area contributed by atoms with Crippen molar-refractivity contribution in [3.05, 3.63) is 48.7 Å². The molecule has 2 aromatic heterocycles. The summed E-state index contributed by atoms with van der Waals surface area (Å²) in [5.41, 5.74) is 1.15. The predicted molar refractivity (Wildman–Crippen MR) is 91.9 cm³/mol. The highest BCUT2D eigenvalue weighted by Gasteiger charge is 2.11. The highest BCUT2D eigenvalue weighted by molar-refractivity contribution is 7.99. The minimum Gasteiger partial charge on any atom is -0.325 e. The van der Waals surface area contributed by atoms with Crippen LogP contribution in [-0.2, 0) is 14.6 Å². The highest BCUT2D eigenvalue weighted by Crippen LogP contribution is 2.18. The van der Waals surface area contributed by atoms with Crippen LogP contribution in [0.5, 0.6) is 0 Å². The molecule has 1 aromatic carbocycles. The highest BCUT2D eigenvalue weighted by atomic mass is 32.2. The molecule has 3 rings (SSSR count). The lowest BCUT2D eigenvalue weighted by molar-refractivity contribution is -0.113. The molecule has 0 saturated heterocycles. The van der Waals surface area contributed by atoms with Gasteiger partial charge >= 0.3 is 0 Å². The van der Waals surface area contributed by atoms with E-state index in [4.69, 9.17) is 0 Å². The van der Waals surface area contributed by atoms with Gasteiger partial charge in [-0.15, -0.1) is 10.2 Å². The zero-order valence-corrected chi connectivity index (χ0v) is 14.3. The number of thioether (sulfide) groups is 1. The van der Waals surface area contributed by atoms with Crippen molar-refractivity contribution in [1.29, 1.82) is 0 Å². The third kappa shape index (κ3) is 3.74. The molecule has 24 heavy (non-hydrogen) atoms. The lowest BCUT2D eigenvalue weighted by Gasteiger charge is -2.06. The normalized spacial score (nSPS) is 11.5. The number of rotatable bonds is 5. The first kappa shape index (κ1) is 16.5. The van der Waals surface area contributed by atoms with Crippen molar-refractivity contribution < 1.29 is 13.2 Å². The second-order valence-electron chi connectivity index (χ2n) is 5.05. The summed E-state index contributed by atoms with van der Waals surface area (Å²) in [7, 11) is -3.31. The molecule has 0 atom stereocenters. The molecule has 1 amide bonds. The summed E-state index contributed by atoms with van der Waals surface area (Å²) in [5.74, 6) is -0.114. The Labute approximate surface area is 143 Å². The molecule has 0 aliphatic carbocycles. The van der Waals surface area contributed by atoms with E-state index in [0.717, 1.165) is 6.26 Å². The molecule has 0 bridgehead atoms. The van der Waals surface area contributed by atoms with Gasteiger partial charge in [0, 0.05) is 18.1 Å². The molecular weight excluding hydrogens is 348 g/mol. The van der Waals surface area contributed by atoms with E-state index < -0.39 is 9.84 Å². The van der Waals surface area contributed by atoms with Gasteiger partial charge in [-0.1, -0.05) is 23.9 Å². The number of nitrogens with one attached hydrogen (secondary N) is 1. The van der Waals surface area contributed by atoms with E-state index in [-0.39, 0.29) is 16.6 Å². The maximum atomic E-state index is 12.1. The molecule has 0 saturated carbocycles. The van der Waals surface area contributed by atoms with Crippen LogP contribution in [0.15, 0.2) is 58.7 Å². The van der Waals surface area contributed by atoms with Gasteiger partial charge in [-0.05, 0) is 30.3 Å². The number of nitrogens with zero attached hydrogens (tertiary/aromatic N) is 3. The van der Waals surface area contributed by atoms with Crippen LogP contribution in [-0.4, -0.2) is 40.9 Å². The SMILES string of the molecule is CS(=O)(=O)c1cccc(NC(=O)CSc2nnc3ccccn23)c1. The number of hydrogen-bond acceptors (Lipinski definition) is 6. The van der Waals surface area contributed by atoms with Crippen molar-refractivity contribution in [3.63, 3.8) is 0 Å². The van der Waals surface area contributed by atoms with Gasteiger partial charge in [-0.3, -0.25) is 9.20 Å². The Morgan fingerprint density at radius 2 is 2.04 bits per heavy atom. The van der Waals surface area contributed by atoms with Gasteiger partial charge in [-0.25, -0.2) is 8.42 Å². The summed E-state index contributed by atoms with van der Waals surface area (Å²) in [6, 6.07) is 11.7. The molecule has 0 aliphatic heterocycles. The predicted octanol–water partition coefficient (Wildman–Crippen LogP) is 1.86. The maximum absolute atomic E-state index is 12.1. The number of carbonyl (C=O) groups is 1. The largest absolute Gasteiger partial charge is 0.325 e. The number of pyridine rings is 1. The third-order valence-electron chi connectivity index (χ3n) is 3.16. The number of anilines is 1. The van der Waals surface area contributed by atoms with Gasteiger partial charge in [0.25, 0.3) is 0 Å². The zero-order valence-electron chi connectivity index (χ0n) is 12.7. The summed E-state index contributed by atoms with van der Waals surface area (Å²) < 4.78 is 24.9. The molecular formula is C15H14N4O3S2. The number of fused-ring (bicyclic) bond motifs is 1. The van der Waals surface area contributed by atoms with Crippen LogP contribution in [0.4, 0.5) is 5.69 Å². The Kier molecular flexibility index (Phi) is 4.54. The molecule has 124 valence electrons. The van der Waals surface area contributed by atoms with E-state index in [9.17, 15) is 13.2 Å². The van der Waals surface area contributed by atoms with Crippen molar-refractivity contribution in [2.45, 2.75) is 10.1 Å². The average Bonchev–Trinajstić information content (AvgIpc) is 2.96. The Bertz CT molecular complexity index is 999. The molecule has 0 radical (unpaired) electrons. The topological polar surface area (TPSA) is 93.4 Å². The van der Waals surface area contributed by atoms with Crippen LogP contribution in [0, 0.1) is 0 Å². The molecule has 1 N–H and O–H groups in total. The average molecular weight is 362 g/mol. The van der Waals surface area contributed by atoms with E-state index in [1.807, 2.05) is 24.4 Å². The molecule has 3 aromatic rings. The van der Waals surface area contributed by atoms with Crippen LogP contribution in [0.2, 0.25) is 0 Å². The van der Waals surface area contributed by atoms with Crippen molar-refractivity contribution >= 4 is 38.8 Å². The first-order valence-corrected chi connectivity index (χ1v) is 9.84. The Morgan fingerprint density at radius 1 is 1.21 bits per heavy atom. The fraction of sp³-hybridized carbons (Fsp3) is 0.133. The Hall–Kier alpha value is -2.39. The summed E-state index contributed by atoms with van der Waals surface area (Å²) >= 11 is 1.25. The quantitative estimate of drug-likeness (QED) is 0.697. The van der Waals surface area contributed by atoms with Gasteiger partial charge in [-0.2, -0.15) is 0 Å². The number of benzene rings is 1. The lowest BCUT2D eigenvalue weighted by atomic mass is 10.3. The van der Waals surface area contributed by atoms with Crippen LogP contribution in [0.1, 0.15) is 0 Å². The van der Waals surface area contributed by atoms with E-state index in [2.05, 4.69) is 15.5 Å². The fourth-order valence-electron chi connectivity index (χ4n) is 2.05. The molecule has 7 nitrogen and oxygen atoms in total. The Balaban J connectivity index is 1.66. The first-order chi connectivity index (χ1) is 11.4. The lowest BCUT2D eigenvalue weighted by Crippen LogP contribution is -2.14. The van der Waals surface area contributed by atoms with Gasteiger partial charge in [0.2, 0.25) is 5.91 Å². The van der Waals surface area contributed by atoms with E-state index in [0.29, 0.717) is 16.5 Å². The van der Waals surface area contributed by atoms with E-state index in [1.54, 1.807) is 16.5 Å². The molecule has 0 aliphatic rings. The fourth-order valence-corrected chi connectivity index (χ4v) is 3.44.